The van der Waals surface area contributed by atoms with Crippen molar-refractivity contribution in [3.63, 3.8) is 0 Å². The van der Waals surface area contributed by atoms with Crippen molar-refractivity contribution < 1.29 is 4.79 Å². The number of carbonyl (C=O) groups is 1. The fourth-order valence-corrected chi connectivity index (χ4v) is 2.12. The summed E-state index contributed by atoms with van der Waals surface area (Å²) in [6.07, 6.45) is 0.905. The lowest BCUT2D eigenvalue weighted by molar-refractivity contribution is 0.0943. The van der Waals surface area contributed by atoms with E-state index in [0.717, 1.165) is 23.3 Å². The molecule has 0 fully saturated rings. The van der Waals surface area contributed by atoms with Gasteiger partial charge in [-0.2, -0.15) is 0 Å². The second kappa shape index (κ2) is 5.41. The third-order valence-electron chi connectivity index (χ3n) is 1.87. The van der Waals surface area contributed by atoms with Gasteiger partial charge in [-0.15, -0.1) is 5.10 Å². The van der Waals surface area contributed by atoms with Gasteiger partial charge in [-0.1, -0.05) is 27.3 Å². The average Bonchev–Trinajstić information content (AvgIpc) is 2.60. The minimum atomic E-state index is -0.0798. The largest absolute Gasteiger partial charge is 0.348 e. The molecule has 1 unspecified atom stereocenters. The number of halogens is 1. The van der Waals surface area contributed by atoms with E-state index in [0.29, 0.717) is 10.6 Å². The average molecular weight is 278 g/mol. The summed E-state index contributed by atoms with van der Waals surface area (Å²) in [5.74, 6) is -0.0798. The maximum atomic E-state index is 11.7. The number of nitrogens with zero attached hydrogens (tertiary/aromatic N) is 2. The molecule has 4 nitrogen and oxygen atoms in total. The molecule has 6 heteroatoms. The van der Waals surface area contributed by atoms with Crippen LogP contribution in [-0.4, -0.2) is 26.9 Å². The molecule has 1 atom stereocenters. The van der Waals surface area contributed by atoms with E-state index in [1.807, 2.05) is 6.92 Å². The minimum Gasteiger partial charge on any atom is -0.348 e. The Hall–Kier alpha value is -0.490. The Balaban J connectivity index is 2.63. The van der Waals surface area contributed by atoms with Crippen molar-refractivity contribution in [2.24, 2.45) is 0 Å². The molecule has 1 amide bonds. The number of carbonyl (C=O) groups excluding carboxylic acids is 1. The van der Waals surface area contributed by atoms with Gasteiger partial charge in [0.25, 0.3) is 5.91 Å². The van der Waals surface area contributed by atoms with Crippen LogP contribution < -0.4 is 5.32 Å². The Morgan fingerprint density at radius 1 is 1.71 bits per heavy atom. The summed E-state index contributed by atoms with van der Waals surface area (Å²) in [5, 5.41) is 7.46. The van der Waals surface area contributed by atoms with Crippen molar-refractivity contribution >= 4 is 33.4 Å². The molecule has 0 saturated carbocycles. The second-order valence-corrected chi connectivity index (χ2v) is 4.32. The van der Waals surface area contributed by atoms with E-state index >= 15 is 0 Å². The van der Waals surface area contributed by atoms with Gasteiger partial charge in [0, 0.05) is 11.4 Å². The lowest BCUT2D eigenvalue weighted by atomic mass is 10.2. The summed E-state index contributed by atoms with van der Waals surface area (Å²) in [6.45, 7) is 3.82. The highest BCUT2D eigenvalue weighted by Gasteiger charge is 2.15. The summed E-state index contributed by atoms with van der Waals surface area (Å²) in [7, 11) is 0. The first kappa shape index (κ1) is 11.6. The molecule has 0 spiro atoms. The van der Waals surface area contributed by atoms with Crippen molar-refractivity contribution in [1.82, 2.24) is 14.9 Å². The quantitative estimate of drug-likeness (QED) is 0.854. The molecule has 1 aromatic heterocycles. The van der Waals surface area contributed by atoms with E-state index < -0.39 is 0 Å². The Morgan fingerprint density at radius 3 is 2.86 bits per heavy atom. The van der Waals surface area contributed by atoms with E-state index in [1.54, 1.807) is 6.92 Å². The number of rotatable bonds is 4. The van der Waals surface area contributed by atoms with Crippen LogP contribution in [-0.2, 0) is 0 Å². The summed E-state index contributed by atoms with van der Waals surface area (Å²) < 4.78 is 3.72. The van der Waals surface area contributed by atoms with Gasteiger partial charge in [-0.25, -0.2) is 0 Å². The van der Waals surface area contributed by atoms with Gasteiger partial charge in [-0.3, -0.25) is 4.79 Å². The highest BCUT2D eigenvalue weighted by molar-refractivity contribution is 9.09. The van der Waals surface area contributed by atoms with E-state index in [9.17, 15) is 4.79 Å². The van der Waals surface area contributed by atoms with Gasteiger partial charge in [0.2, 0.25) is 0 Å². The number of alkyl halides is 1. The number of nitrogens with one attached hydrogen (secondary N) is 1. The van der Waals surface area contributed by atoms with Crippen molar-refractivity contribution in [3.8, 4) is 0 Å². The lowest BCUT2D eigenvalue weighted by Crippen LogP contribution is -2.35. The maximum Gasteiger partial charge on any atom is 0.265 e. The molecule has 0 aliphatic carbocycles. The molecule has 0 bridgehead atoms. The third-order valence-corrected chi connectivity index (χ3v) is 3.48. The molecule has 0 aliphatic rings. The number of hydrogen-bond acceptors (Lipinski definition) is 4. The Morgan fingerprint density at radius 2 is 2.43 bits per heavy atom. The first-order chi connectivity index (χ1) is 6.69. The molecule has 0 aliphatic heterocycles. The summed E-state index contributed by atoms with van der Waals surface area (Å²) in [5.41, 5.74) is 0.692. The van der Waals surface area contributed by atoms with Crippen LogP contribution in [0.2, 0.25) is 0 Å². The number of aromatic nitrogens is 2. The van der Waals surface area contributed by atoms with Crippen LogP contribution >= 0.6 is 27.5 Å². The van der Waals surface area contributed by atoms with Crippen LogP contribution in [0.3, 0.4) is 0 Å². The van der Waals surface area contributed by atoms with Gasteiger partial charge in [0.05, 0.1) is 5.69 Å². The minimum absolute atomic E-state index is 0.0798. The van der Waals surface area contributed by atoms with Crippen molar-refractivity contribution in [3.05, 3.63) is 10.6 Å². The predicted molar refractivity (Wildman–Crippen MR) is 60.0 cm³/mol. The van der Waals surface area contributed by atoms with Gasteiger partial charge < -0.3 is 5.32 Å². The predicted octanol–water partition coefficient (Wildman–Crippen LogP) is 1.75. The van der Waals surface area contributed by atoms with Crippen LogP contribution in [0.15, 0.2) is 0 Å². The van der Waals surface area contributed by atoms with E-state index in [-0.39, 0.29) is 11.9 Å². The molecule has 1 rings (SSSR count). The monoisotopic (exact) mass is 277 g/mol. The molecule has 0 radical (unpaired) electrons. The first-order valence-electron chi connectivity index (χ1n) is 4.34. The van der Waals surface area contributed by atoms with Crippen molar-refractivity contribution in [2.75, 3.05) is 5.33 Å². The SMILES string of the molecule is CCC(CBr)NC(=O)c1snnc1C. The summed E-state index contributed by atoms with van der Waals surface area (Å²) in [4.78, 5) is 12.3. The van der Waals surface area contributed by atoms with Crippen LogP contribution in [0.25, 0.3) is 0 Å². The maximum absolute atomic E-state index is 11.7. The first-order valence-corrected chi connectivity index (χ1v) is 6.24. The second-order valence-electron chi connectivity index (χ2n) is 2.92. The molecule has 78 valence electrons. The highest BCUT2D eigenvalue weighted by atomic mass is 79.9. The fraction of sp³-hybridized carbons (Fsp3) is 0.625. The van der Waals surface area contributed by atoms with Crippen LogP contribution in [0, 0.1) is 6.92 Å². The zero-order valence-electron chi connectivity index (χ0n) is 8.08. The topological polar surface area (TPSA) is 54.9 Å². The van der Waals surface area contributed by atoms with Crippen molar-refractivity contribution in [2.45, 2.75) is 26.3 Å². The van der Waals surface area contributed by atoms with Crippen LogP contribution in [0.5, 0.6) is 0 Å². The third kappa shape index (κ3) is 2.75. The van der Waals surface area contributed by atoms with E-state index in [1.165, 1.54) is 0 Å². The molecule has 0 saturated heterocycles. The van der Waals surface area contributed by atoms with Gasteiger partial charge in [-0.05, 0) is 24.9 Å². The zero-order valence-corrected chi connectivity index (χ0v) is 10.5. The standard InChI is InChI=1S/C8H12BrN3OS/c1-3-6(4-9)10-8(13)7-5(2)11-12-14-7/h6H,3-4H2,1-2H3,(H,10,13). The Bertz CT molecular complexity index is 311. The van der Waals surface area contributed by atoms with Gasteiger partial charge in [0.1, 0.15) is 4.88 Å². The molecule has 1 heterocycles. The number of aryl methyl sites for hydroxylation is 1. The summed E-state index contributed by atoms with van der Waals surface area (Å²) >= 11 is 4.48. The van der Waals surface area contributed by atoms with Gasteiger partial charge in [0.15, 0.2) is 0 Å². The molecule has 1 N–H and O–H groups in total. The van der Waals surface area contributed by atoms with E-state index in [2.05, 4.69) is 30.8 Å². The smallest absolute Gasteiger partial charge is 0.265 e. The molecule has 1 aromatic rings. The molecule has 14 heavy (non-hydrogen) atoms. The zero-order chi connectivity index (χ0) is 10.6. The highest BCUT2D eigenvalue weighted by Crippen LogP contribution is 2.09. The summed E-state index contributed by atoms with van der Waals surface area (Å²) in [6, 6.07) is 0.170. The van der Waals surface area contributed by atoms with Crippen LogP contribution in [0.1, 0.15) is 28.7 Å². The van der Waals surface area contributed by atoms with E-state index in [4.69, 9.17) is 0 Å². The normalized spacial score (nSPS) is 12.5. The number of hydrogen-bond donors (Lipinski definition) is 1. The van der Waals surface area contributed by atoms with Gasteiger partial charge >= 0.3 is 0 Å². The van der Waals surface area contributed by atoms with Crippen molar-refractivity contribution in [1.29, 1.82) is 0 Å². The molecular formula is C8H12BrN3OS. The Labute approximate surface area is 95.4 Å². The van der Waals surface area contributed by atoms with Crippen LogP contribution in [0.4, 0.5) is 0 Å². The molecule has 0 aromatic carbocycles. The lowest BCUT2D eigenvalue weighted by Gasteiger charge is -2.12. The number of amides is 1. The Kier molecular flexibility index (Phi) is 4.47. The fourth-order valence-electron chi connectivity index (χ4n) is 0.940. The molecular weight excluding hydrogens is 266 g/mol.